The first-order chi connectivity index (χ1) is 7.06. The molecule has 0 heterocycles. The number of halogens is 1. The van der Waals surface area contributed by atoms with Gasteiger partial charge in [-0.2, -0.15) is 0 Å². The molecule has 1 amide bonds. The Labute approximate surface area is 101 Å². The summed E-state index contributed by atoms with van der Waals surface area (Å²) in [6, 6.07) is 0.269. The van der Waals surface area contributed by atoms with Crippen molar-refractivity contribution in [2.45, 2.75) is 46.1 Å². The van der Waals surface area contributed by atoms with Crippen LogP contribution in [0.15, 0.2) is 0 Å². The van der Waals surface area contributed by atoms with Crippen molar-refractivity contribution in [1.82, 2.24) is 5.32 Å². The number of nitrogens with one attached hydrogen (secondary N) is 1. The Morgan fingerprint density at radius 1 is 1.47 bits per heavy atom. The average Bonchev–Trinajstić information content (AvgIpc) is 2.60. The van der Waals surface area contributed by atoms with E-state index in [0.717, 1.165) is 11.8 Å². The van der Waals surface area contributed by atoms with E-state index in [-0.39, 0.29) is 17.9 Å². The zero-order valence-corrected chi connectivity index (χ0v) is 11.5. The maximum absolute atomic E-state index is 12.0. The predicted molar refractivity (Wildman–Crippen MR) is 67.1 cm³/mol. The van der Waals surface area contributed by atoms with E-state index in [1.165, 1.54) is 12.8 Å². The molecule has 1 aliphatic carbocycles. The molecule has 0 aromatic heterocycles. The SMILES string of the molecule is CC(C)C(CBr)NC(=O)C1CCCC1C. The van der Waals surface area contributed by atoms with Gasteiger partial charge in [-0.25, -0.2) is 0 Å². The number of carbonyl (C=O) groups excluding carboxylic acids is 1. The fourth-order valence-corrected chi connectivity index (χ4v) is 3.12. The molecule has 1 N–H and O–H groups in total. The van der Waals surface area contributed by atoms with Crippen molar-refractivity contribution in [2.75, 3.05) is 5.33 Å². The van der Waals surface area contributed by atoms with E-state index in [1.807, 2.05) is 0 Å². The summed E-state index contributed by atoms with van der Waals surface area (Å²) in [4.78, 5) is 12.0. The van der Waals surface area contributed by atoms with Gasteiger partial charge in [-0.05, 0) is 24.7 Å². The van der Waals surface area contributed by atoms with Crippen LogP contribution in [-0.2, 0) is 4.79 Å². The number of hydrogen-bond donors (Lipinski definition) is 1. The number of hydrogen-bond acceptors (Lipinski definition) is 1. The molecule has 3 heteroatoms. The normalized spacial score (nSPS) is 28.1. The molecule has 1 saturated carbocycles. The topological polar surface area (TPSA) is 29.1 Å². The van der Waals surface area contributed by atoms with Crippen LogP contribution in [0.1, 0.15) is 40.0 Å². The van der Waals surface area contributed by atoms with Gasteiger partial charge in [0.25, 0.3) is 0 Å². The predicted octanol–water partition coefficient (Wildman–Crippen LogP) is 2.96. The highest BCUT2D eigenvalue weighted by Gasteiger charge is 2.30. The fraction of sp³-hybridized carbons (Fsp3) is 0.917. The number of rotatable bonds is 4. The first kappa shape index (κ1) is 13.0. The van der Waals surface area contributed by atoms with Gasteiger partial charge in [0.15, 0.2) is 0 Å². The van der Waals surface area contributed by atoms with Crippen LogP contribution in [0.5, 0.6) is 0 Å². The summed E-state index contributed by atoms with van der Waals surface area (Å²) in [7, 11) is 0. The van der Waals surface area contributed by atoms with Crippen molar-refractivity contribution in [3.05, 3.63) is 0 Å². The summed E-state index contributed by atoms with van der Waals surface area (Å²) < 4.78 is 0. The second-order valence-electron chi connectivity index (χ2n) is 5.03. The number of carbonyl (C=O) groups is 1. The van der Waals surface area contributed by atoms with E-state index >= 15 is 0 Å². The highest BCUT2D eigenvalue weighted by atomic mass is 79.9. The molecule has 0 radical (unpaired) electrons. The van der Waals surface area contributed by atoms with Gasteiger partial charge in [0.2, 0.25) is 5.91 Å². The third-order valence-corrected chi connectivity index (χ3v) is 4.19. The van der Waals surface area contributed by atoms with Gasteiger partial charge < -0.3 is 5.32 Å². The zero-order chi connectivity index (χ0) is 11.4. The number of alkyl halides is 1. The van der Waals surface area contributed by atoms with E-state index in [9.17, 15) is 4.79 Å². The first-order valence-corrected chi connectivity index (χ1v) is 7.04. The molecule has 1 aliphatic rings. The summed E-state index contributed by atoms with van der Waals surface area (Å²) in [5, 5.41) is 4.00. The van der Waals surface area contributed by atoms with Crippen LogP contribution in [0.3, 0.4) is 0 Å². The van der Waals surface area contributed by atoms with Gasteiger partial charge in [-0.1, -0.05) is 43.1 Å². The third-order valence-electron chi connectivity index (χ3n) is 3.50. The van der Waals surface area contributed by atoms with Crippen molar-refractivity contribution in [3.8, 4) is 0 Å². The van der Waals surface area contributed by atoms with E-state index in [4.69, 9.17) is 0 Å². The molecule has 0 spiro atoms. The van der Waals surface area contributed by atoms with Crippen LogP contribution in [0.4, 0.5) is 0 Å². The van der Waals surface area contributed by atoms with Crippen molar-refractivity contribution >= 4 is 21.8 Å². The minimum atomic E-state index is 0.255. The van der Waals surface area contributed by atoms with E-state index in [1.54, 1.807) is 0 Å². The Hall–Kier alpha value is -0.0500. The minimum Gasteiger partial charge on any atom is -0.352 e. The van der Waals surface area contributed by atoms with Gasteiger partial charge in [0.1, 0.15) is 0 Å². The summed E-state index contributed by atoms with van der Waals surface area (Å²) in [5.41, 5.74) is 0. The lowest BCUT2D eigenvalue weighted by Gasteiger charge is -2.23. The van der Waals surface area contributed by atoms with Crippen LogP contribution in [0.25, 0.3) is 0 Å². The van der Waals surface area contributed by atoms with Crippen LogP contribution in [0.2, 0.25) is 0 Å². The summed E-state index contributed by atoms with van der Waals surface area (Å²) in [6.45, 7) is 6.48. The number of amides is 1. The smallest absolute Gasteiger partial charge is 0.223 e. The molecule has 0 aromatic carbocycles. The van der Waals surface area contributed by atoms with Crippen molar-refractivity contribution in [1.29, 1.82) is 0 Å². The summed E-state index contributed by atoms with van der Waals surface area (Å²) in [6.07, 6.45) is 3.48. The summed E-state index contributed by atoms with van der Waals surface area (Å²) in [5.74, 6) is 1.57. The Balaban J connectivity index is 2.46. The van der Waals surface area contributed by atoms with Crippen molar-refractivity contribution in [2.24, 2.45) is 17.8 Å². The molecular formula is C12H22BrNO. The quantitative estimate of drug-likeness (QED) is 0.786. The van der Waals surface area contributed by atoms with Crippen LogP contribution in [0, 0.1) is 17.8 Å². The monoisotopic (exact) mass is 275 g/mol. The van der Waals surface area contributed by atoms with Gasteiger partial charge in [0, 0.05) is 17.3 Å². The molecule has 0 saturated heterocycles. The van der Waals surface area contributed by atoms with E-state index in [0.29, 0.717) is 11.8 Å². The molecule has 0 aliphatic heterocycles. The van der Waals surface area contributed by atoms with E-state index in [2.05, 4.69) is 42.0 Å². The Morgan fingerprint density at radius 3 is 2.53 bits per heavy atom. The molecule has 15 heavy (non-hydrogen) atoms. The minimum absolute atomic E-state index is 0.255. The average molecular weight is 276 g/mol. The highest BCUT2D eigenvalue weighted by Crippen LogP contribution is 2.31. The van der Waals surface area contributed by atoms with E-state index < -0.39 is 0 Å². The second kappa shape index (κ2) is 5.88. The van der Waals surface area contributed by atoms with Gasteiger partial charge in [-0.15, -0.1) is 0 Å². The molecular weight excluding hydrogens is 254 g/mol. The van der Waals surface area contributed by atoms with Gasteiger partial charge >= 0.3 is 0 Å². The van der Waals surface area contributed by atoms with Crippen molar-refractivity contribution < 1.29 is 4.79 Å². The molecule has 0 aromatic rings. The molecule has 3 atom stereocenters. The fourth-order valence-electron chi connectivity index (χ4n) is 2.21. The lowest BCUT2D eigenvalue weighted by Crippen LogP contribution is -2.43. The largest absolute Gasteiger partial charge is 0.352 e. The Morgan fingerprint density at radius 2 is 2.13 bits per heavy atom. The van der Waals surface area contributed by atoms with Crippen LogP contribution < -0.4 is 5.32 Å². The Kier molecular flexibility index (Phi) is 5.10. The molecule has 0 bridgehead atoms. The summed E-state index contributed by atoms with van der Waals surface area (Å²) >= 11 is 3.45. The molecule has 88 valence electrons. The Bertz CT molecular complexity index is 218. The van der Waals surface area contributed by atoms with Gasteiger partial charge in [0.05, 0.1) is 0 Å². The molecule has 3 unspecified atom stereocenters. The maximum atomic E-state index is 12.0. The second-order valence-corrected chi connectivity index (χ2v) is 5.68. The first-order valence-electron chi connectivity index (χ1n) is 5.92. The molecule has 1 fully saturated rings. The third kappa shape index (κ3) is 3.47. The van der Waals surface area contributed by atoms with Gasteiger partial charge in [-0.3, -0.25) is 4.79 Å². The lowest BCUT2D eigenvalue weighted by molar-refractivity contribution is -0.126. The van der Waals surface area contributed by atoms with Crippen LogP contribution in [-0.4, -0.2) is 17.3 Å². The van der Waals surface area contributed by atoms with Crippen molar-refractivity contribution in [3.63, 3.8) is 0 Å². The zero-order valence-electron chi connectivity index (χ0n) is 9.92. The molecule has 2 nitrogen and oxygen atoms in total. The van der Waals surface area contributed by atoms with Crippen LogP contribution >= 0.6 is 15.9 Å². The molecule has 1 rings (SSSR count). The lowest BCUT2D eigenvalue weighted by atomic mass is 9.96. The highest BCUT2D eigenvalue weighted by molar-refractivity contribution is 9.09. The maximum Gasteiger partial charge on any atom is 0.223 e. The standard InChI is InChI=1S/C12H22BrNO/c1-8(2)11(7-13)14-12(15)10-6-4-5-9(10)3/h8-11H,4-7H2,1-3H3,(H,14,15).